The van der Waals surface area contributed by atoms with E-state index in [1.807, 2.05) is 24.3 Å². The van der Waals surface area contributed by atoms with Crippen molar-refractivity contribution in [2.45, 2.75) is 24.3 Å². The fourth-order valence-corrected chi connectivity index (χ4v) is 6.19. The topological polar surface area (TPSA) is 66.5 Å². The third-order valence-corrected chi connectivity index (χ3v) is 8.55. The number of piperidine rings is 1. The Morgan fingerprint density at radius 3 is 2.42 bits per heavy atom. The molecular formula is C22H26Cl2N2O3S2. The zero-order chi connectivity index (χ0) is 22.3. The highest BCUT2D eigenvalue weighted by atomic mass is 35.5. The number of carbonyl (C=O) groups is 1. The molecule has 5 nitrogen and oxygen atoms in total. The molecule has 0 bridgehead atoms. The zero-order valence-corrected chi connectivity index (χ0v) is 20.2. The Kier molecular flexibility index (Phi) is 9.10. The van der Waals surface area contributed by atoms with E-state index >= 15 is 0 Å². The van der Waals surface area contributed by atoms with E-state index in [0.29, 0.717) is 43.1 Å². The summed E-state index contributed by atoms with van der Waals surface area (Å²) >= 11 is 13.6. The molecule has 1 N–H and O–H groups in total. The number of rotatable bonds is 9. The van der Waals surface area contributed by atoms with E-state index in [4.69, 9.17) is 23.2 Å². The number of amides is 1. The maximum atomic E-state index is 12.7. The van der Waals surface area contributed by atoms with Crippen LogP contribution in [0, 0.1) is 5.92 Å². The van der Waals surface area contributed by atoms with Crippen molar-refractivity contribution < 1.29 is 13.2 Å². The summed E-state index contributed by atoms with van der Waals surface area (Å²) in [6.07, 6.45) is 1.08. The largest absolute Gasteiger partial charge is 0.355 e. The summed E-state index contributed by atoms with van der Waals surface area (Å²) in [6.45, 7) is 1.34. The van der Waals surface area contributed by atoms with Crippen LogP contribution in [0.4, 0.5) is 0 Å². The average Bonchev–Trinajstić information content (AvgIpc) is 2.74. The van der Waals surface area contributed by atoms with E-state index in [2.05, 4.69) is 5.32 Å². The predicted octanol–water partition coefficient (Wildman–Crippen LogP) is 4.58. The highest BCUT2D eigenvalue weighted by molar-refractivity contribution is 7.98. The van der Waals surface area contributed by atoms with Crippen LogP contribution in [0.3, 0.4) is 0 Å². The van der Waals surface area contributed by atoms with Gasteiger partial charge in [-0.05, 0) is 48.2 Å². The normalized spacial score (nSPS) is 15.7. The molecule has 0 aromatic heterocycles. The Morgan fingerprint density at radius 2 is 1.74 bits per heavy atom. The first kappa shape index (κ1) is 24.4. The third-order valence-electron chi connectivity index (χ3n) is 5.18. The molecule has 2 aromatic carbocycles. The van der Waals surface area contributed by atoms with Gasteiger partial charge in [0.1, 0.15) is 0 Å². The molecule has 1 saturated heterocycles. The summed E-state index contributed by atoms with van der Waals surface area (Å²) in [5.41, 5.74) is 1.87. The first-order valence-electron chi connectivity index (χ1n) is 10.2. The molecule has 0 atom stereocenters. The summed E-state index contributed by atoms with van der Waals surface area (Å²) < 4.78 is 26.9. The van der Waals surface area contributed by atoms with Gasteiger partial charge in [0, 0.05) is 47.1 Å². The summed E-state index contributed by atoms with van der Waals surface area (Å²) in [5, 5.41) is 4.23. The number of hydrogen-bond acceptors (Lipinski definition) is 4. The number of nitrogens with one attached hydrogen (secondary N) is 1. The van der Waals surface area contributed by atoms with Crippen molar-refractivity contribution in [1.82, 2.24) is 9.62 Å². The summed E-state index contributed by atoms with van der Waals surface area (Å²) in [6, 6.07) is 14.7. The molecule has 2 aromatic rings. The molecule has 0 radical (unpaired) electrons. The van der Waals surface area contributed by atoms with Crippen molar-refractivity contribution in [3.8, 4) is 0 Å². The first-order valence-corrected chi connectivity index (χ1v) is 13.7. The number of sulfonamides is 1. The van der Waals surface area contributed by atoms with Gasteiger partial charge in [0.05, 0.1) is 5.75 Å². The molecule has 1 aliphatic rings. The molecule has 0 aliphatic carbocycles. The smallest absolute Gasteiger partial charge is 0.223 e. The zero-order valence-electron chi connectivity index (χ0n) is 17.1. The van der Waals surface area contributed by atoms with Crippen molar-refractivity contribution in [2.75, 3.05) is 25.4 Å². The number of halogens is 2. The number of carbonyl (C=O) groups excluding carboxylic acids is 1. The molecule has 1 amide bonds. The minimum atomic E-state index is -3.42. The van der Waals surface area contributed by atoms with E-state index in [-0.39, 0.29) is 17.6 Å². The Bertz CT molecular complexity index is 977. The van der Waals surface area contributed by atoms with E-state index in [0.717, 1.165) is 16.5 Å². The van der Waals surface area contributed by atoms with Crippen molar-refractivity contribution in [3.63, 3.8) is 0 Å². The van der Waals surface area contributed by atoms with Gasteiger partial charge in [-0.1, -0.05) is 47.5 Å². The molecule has 1 heterocycles. The van der Waals surface area contributed by atoms with Crippen LogP contribution in [0.15, 0.2) is 48.5 Å². The maximum Gasteiger partial charge on any atom is 0.223 e. The van der Waals surface area contributed by atoms with Crippen molar-refractivity contribution in [3.05, 3.63) is 69.7 Å². The quantitative estimate of drug-likeness (QED) is 0.511. The van der Waals surface area contributed by atoms with Crippen LogP contribution in [0.25, 0.3) is 0 Å². The monoisotopic (exact) mass is 500 g/mol. The predicted molar refractivity (Wildman–Crippen MR) is 129 cm³/mol. The van der Waals surface area contributed by atoms with Crippen LogP contribution in [0.1, 0.15) is 24.0 Å². The van der Waals surface area contributed by atoms with E-state index < -0.39 is 10.0 Å². The highest BCUT2D eigenvalue weighted by Gasteiger charge is 2.31. The standard InChI is InChI=1S/C22H26Cl2N2O3S2/c23-20-6-4-17(5-7-20)15-30-13-10-25-22(27)19-8-11-26(12-9-19)31(28,29)16-18-2-1-3-21(24)14-18/h1-7,14,19H,8-13,15-16H2,(H,25,27). The number of thioether (sulfide) groups is 1. The molecule has 1 aliphatic heterocycles. The summed E-state index contributed by atoms with van der Waals surface area (Å²) in [4.78, 5) is 12.4. The molecular weight excluding hydrogens is 475 g/mol. The van der Waals surface area contributed by atoms with Crippen LogP contribution in [-0.2, 0) is 26.3 Å². The lowest BCUT2D eigenvalue weighted by Crippen LogP contribution is -2.43. The molecule has 168 valence electrons. The summed E-state index contributed by atoms with van der Waals surface area (Å²) in [7, 11) is -3.42. The van der Waals surface area contributed by atoms with Gasteiger partial charge < -0.3 is 5.32 Å². The molecule has 0 unspecified atom stereocenters. The van der Waals surface area contributed by atoms with Crippen LogP contribution in [-0.4, -0.2) is 44.0 Å². The van der Waals surface area contributed by atoms with Crippen LogP contribution in [0.2, 0.25) is 10.0 Å². The van der Waals surface area contributed by atoms with Gasteiger partial charge in [0.2, 0.25) is 15.9 Å². The Labute approximate surface area is 198 Å². The molecule has 31 heavy (non-hydrogen) atoms. The second-order valence-electron chi connectivity index (χ2n) is 7.53. The number of nitrogens with zero attached hydrogens (tertiary/aromatic N) is 1. The Morgan fingerprint density at radius 1 is 1.03 bits per heavy atom. The second-order valence-corrected chi connectivity index (χ2v) is 11.5. The van der Waals surface area contributed by atoms with E-state index in [1.165, 1.54) is 9.87 Å². The van der Waals surface area contributed by atoms with Crippen molar-refractivity contribution >= 4 is 50.9 Å². The van der Waals surface area contributed by atoms with Gasteiger partial charge in [-0.2, -0.15) is 11.8 Å². The minimum absolute atomic E-state index is 0.0129. The Hall–Kier alpha value is -1.25. The van der Waals surface area contributed by atoms with Gasteiger partial charge in [-0.15, -0.1) is 0 Å². The molecule has 0 saturated carbocycles. The second kappa shape index (κ2) is 11.6. The fraction of sp³-hybridized carbons (Fsp3) is 0.409. The lowest BCUT2D eigenvalue weighted by Gasteiger charge is -2.30. The van der Waals surface area contributed by atoms with Crippen LogP contribution in [0.5, 0.6) is 0 Å². The van der Waals surface area contributed by atoms with Crippen molar-refractivity contribution in [1.29, 1.82) is 0 Å². The maximum absolute atomic E-state index is 12.7. The van der Waals surface area contributed by atoms with Gasteiger partial charge in [0.25, 0.3) is 0 Å². The Balaban J connectivity index is 1.36. The van der Waals surface area contributed by atoms with Crippen molar-refractivity contribution in [2.24, 2.45) is 5.92 Å². The minimum Gasteiger partial charge on any atom is -0.355 e. The van der Waals surface area contributed by atoms with E-state index in [9.17, 15) is 13.2 Å². The van der Waals surface area contributed by atoms with Gasteiger partial charge in [-0.3, -0.25) is 4.79 Å². The third kappa shape index (κ3) is 7.68. The number of benzene rings is 2. The number of hydrogen-bond donors (Lipinski definition) is 1. The lowest BCUT2D eigenvalue weighted by atomic mass is 9.97. The van der Waals surface area contributed by atoms with Crippen LogP contribution >= 0.6 is 35.0 Å². The molecule has 9 heteroatoms. The highest BCUT2D eigenvalue weighted by Crippen LogP contribution is 2.23. The molecule has 3 rings (SSSR count). The lowest BCUT2D eigenvalue weighted by molar-refractivity contribution is -0.125. The fourth-order valence-electron chi connectivity index (χ4n) is 3.49. The van der Waals surface area contributed by atoms with E-state index in [1.54, 1.807) is 36.0 Å². The summed E-state index contributed by atoms with van der Waals surface area (Å²) in [5.74, 6) is 1.49. The SMILES string of the molecule is O=C(NCCSCc1ccc(Cl)cc1)C1CCN(S(=O)(=O)Cc2cccc(Cl)c2)CC1. The molecule has 1 fully saturated rings. The average molecular weight is 502 g/mol. The first-order chi connectivity index (χ1) is 14.8. The molecule has 0 spiro atoms. The van der Waals surface area contributed by atoms with Gasteiger partial charge >= 0.3 is 0 Å². The van der Waals surface area contributed by atoms with Crippen LogP contribution < -0.4 is 5.32 Å². The van der Waals surface area contributed by atoms with Gasteiger partial charge in [-0.25, -0.2) is 12.7 Å². The van der Waals surface area contributed by atoms with Gasteiger partial charge in [0.15, 0.2) is 0 Å².